The molecule has 5 atom stereocenters. The van der Waals surface area contributed by atoms with Crippen LogP contribution in [-0.2, 0) is 4.79 Å². The molecule has 2 nitrogen and oxygen atoms in total. The number of rotatable bonds is 2. The summed E-state index contributed by atoms with van der Waals surface area (Å²) in [4.78, 5) is 14.8. The predicted octanol–water partition coefficient (Wildman–Crippen LogP) is 3.05. The molecule has 5 unspecified atom stereocenters. The molecule has 2 bridgehead atoms. The largest absolute Gasteiger partial charge is 0.338 e. The van der Waals surface area contributed by atoms with Crippen LogP contribution in [0.5, 0.6) is 0 Å². The molecule has 2 aliphatic carbocycles. The van der Waals surface area contributed by atoms with Crippen LogP contribution in [0.15, 0.2) is 0 Å². The lowest BCUT2D eigenvalue weighted by Crippen LogP contribution is -2.43. The Morgan fingerprint density at radius 1 is 1.29 bits per heavy atom. The Labute approximate surface area is 112 Å². The first-order valence-electron chi connectivity index (χ1n) is 7.07. The Hall–Kier alpha value is -0.0500. The molecule has 1 heterocycles. The van der Waals surface area contributed by atoms with E-state index in [0.29, 0.717) is 23.8 Å². The molecule has 0 N–H and O–H groups in total. The van der Waals surface area contributed by atoms with E-state index < -0.39 is 0 Å². The fourth-order valence-corrected chi connectivity index (χ4v) is 5.26. The monoisotopic (exact) mass is 299 g/mol. The summed E-state index contributed by atoms with van der Waals surface area (Å²) in [5.74, 6) is 3.11. The minimum Gasteiger partial charge on any atom is -0.338 e. The Kier molecular flexibility index (Phi) is 3.22. The molecule has 17 heavy (non-hydrogen) atoms. The molecule has 1 amide bonds. The first-order valence-corrected chi connectivity index (χ1v) is 8.19. The van der Waals surface area contributed by atoms with Crippen molar-refractivity contribution in [3.05, 3.63) is 0 Å². The molecule has 1 aliphatic heterocycles. The number of likely N-dealkylation sites (tertiary alicyclic amines) is 1. The Morgan fingerprint density at radius 3 is 2.71 bits per heavy atom. The highest BCUT2D eigenvalue weighted by Crippen LogP contribution is 2.49. The van der Waals surface area contributed by atoms with E-state index in [2.05, 4.69) is 27.8 Å². The van der Waals surface area contributed by atoms with Crippen LogP contribution in [-0.4, -0.2) is 28.7 Å². The van der Waals surface area contributed by atoms with E-state index in [1.165, 1.54) is 32.1 Å². The smallest absolute Gasteiger partial charge is 0.226 e. The van der Waals surface area contributed by atoms with Crippen molar-refractivity contribution in [2.24, 2.45) is 23.7 Å². The Morgan fingerprint density at radius 2 is 2.12 bits per heavy atom. The number of alkyl halides is 1. The molecule has 0 aromatic carbocycles. The van der Waals surface area contributed by atoms with Crippen LogP contribution in [0.3, 0.4) is 0 Å². The van der Waals surface area contributed by atoms with E-state index in [4.69, 9.17) is 0 Å². The quantitative estimate of drug-likeness (QED) is 0.718. The standard InChI is InChI=1S/C14H22BrNO/c1-9-4-5-16(13(9)8-15)14(17)12-7-10-2-3-11(12)6-10/h9-13H,2-8H2,1H3. The van der Waals surface area contributed by atoms with E-state index >= 15 is 0 Å². The Balaban J connectivity index is 1.70. The highest BCUT2D eigenvalue weighted by Gasteiger charge is 2.46. The van der Waals surface area contributed by atoms with Crippen LogP contribution in [0.25, 0.3) is 0 Å². The van der Waals surface area contributed by atoms with Crippen LogP contribution < -0.4 is 0 Å². The number of fused-ring (bicyclic) bond motifs is 2. The lowest BCUT2D eigenvalue weighted by molar-refractivity contribution is -0.137. The van der Waals surface area contributed by atoms with Gasteiger partial charge in [0.05, 0.1) is 0 Å². The van der Waals surface area contributed by atoms with E-state index in [9.17, 15) is 4.79 Å². The number of amides is 1. The summed E-state index contributed by atoms with van der Waals surface area (Å²) in [5.41, 5.74) is 0. The second-order valence-electron chi connectivity index (χ2n) is 6.30. The van der Waals surface area contributed by atoms with Crippen molar-refractivity contribution in [2.45, 2.75) is 45.1 Å². The van der Waals surface area contributed by atoms with Crippen molar-refractivity contribution in [1.82, 2.24) is 4.90 Å². The van der Waals surface area contributed by atoms with Gasteiger partial charge in [0.25, 0.3) is 0 Å². The van der Waals surface area contributed by atoms with Crippen LogP contribution in [0, 0.1) is 23.7 Å². The number of carbonyl (C=O) groups is 1. The van der Waals surface area contributed by atoms with Crippen molar-refractivity contribution in [3.63, 3.8) is 0 Å². The molecule has 0 aromatic rings. The molecule has 0 radical (unpaired) electrons. The van der Waals surface area contributed by atoms with Gasteiger partial charge >= 0.3 is 0 Å². The van der Waals surface area contributed by atoms with Crippen molar-refractivity contribution < 1.29 is 4.79 Å². The zero-order chi connectivity index (χ0) is 12.0. The summed E-state index contributed by atoms with van der Waals surface area (Å²) in [7, 11) is 0. The fraction of sp³-hybridized carbons (Fsp3) is 0.929. The summed E-state index contributed by atoms with van der Waals surface area (Å²) < 4.78 is 0. The summed E-state index contributed by atoms with van der Waals surface area (Å²) in [6, 6.07) is 0.446. The highest BCUT2D eigenvalue weighted by molar-refractivity contribution is 9.09. The summed E-state index contributed by atoms with van der Waals surface area (Å²) in [6.45, 7) is 3.27. The lowest BCUT2D eigenvalue weighted by atomic mass is 9.87. The van der Waals surface area contributed by atoms with Gasteiger partial charge in [-0.1, -0.05) is 29.3 Å². The van der Waals surface area contributed by atoms with E-state index in [-0.39, 0.29) is 0 Å². The lowest BCUT2D eigenvalue weighted by Gasteiger charge is -2.31. The van der Waals surface area contributed by atoms with E-state index in [1.807, 2.05) is 0 Å². The summed E-state index contributed by atoms with van der Waals surface area (Å²) in [5, 5.41) is 0.945. The maximum atomic E-state index is 12.7. The molecule has 2 saturated carbocycles. The maximum Gasteiger partial charge on any atom is 0.226 e. The number of halogens is 1. The van der Waals surface area contributed by atoms with Crippen molar-refractivity contribution >= 4 is 21.8 Å². The topological polar surface area (TPSA) is 20.3 Å². The van der Waals surface area contributed by atoms with Crippen molar-refractivity contribution in [2.75, 3.05) is 11.9 Å². The highest BCUT2D eigenvalue weighted by atomic mass is 79.9. The molecule has 3 fully saturated rings. The number of hydrogen-bond donors (Lipinski definition) is 0. The average molecular weight is 300 g/mol. The zero-order valence-electron chi connectivity index (χ0n) is 10.6. The molecule has 3 aliphatic rings. The van der Waals surface area contributed by atoms with Gasteiger partial charge in [-0.3, -0.25) is 4.79 Å². The molecule has 0 aromatic heterocycles. The van der Waals surface area contributed by atoms with Gasteiger partial charge in [0.15, 0.2) is 0 Å². The zero-order valence-corrected chi connectivity index (χ0v) is 12.2. The van der Waals surface area contributed by atoms with Gasteiger partial charge in [-0.25, -0.2) is 0 Å². The first kappa shape index (κ1) is 12.0. The third kappa shape index (κ3) is 1.94. The van der Waals surface area contributed by atoms with Crippen LogP contribution in [0.1, 0.15) is 39.0 Å². The summed E-state index contributed by atoms with van der Waals surface area (Å²) >= 11 is 3.58. The van der Waals surface area contributed by atoms with Gasteiger partial charge in [0.1, 0.15) is 0 Å². The predicted molar refractivity (Wildman–Crippen MR) is 72.0 cm³/mol. The SMILES string of the molecule is CC1CCN(C(=O)C2CC3CCC2C3)C1CBr. The second kappa shape index (κ2) is 4.56. The molecule has 3 heteroatoms. The molecular formula is C14H22BrNO. The van der Waals surface area contributed by atoms with Crippen LogP contribution in [0.2, 0.25) is 0 Å². The van der Waals surface area contributed by atoms with Crippen molar-refractivity contribution in [3.8, 4) is 0 Å². The van der Waals surface area contributed by atoms with E-state index in [1.54, 1.807) is 0 Å². The van der Waals surface area contributed by atoms with Gasteiger partial charge in [0.2, 0.25) is 5.91 Å². The minimum absolute atomic E-state index is 0.376. The molecular weight excluding hydrogens is 278 g/mol. The maximum absolute atomic E-state index is 12.7. The van der Waals surface area contributed by atoms with Crippen molar-refractivity contribution in [1.29, 1.82) is 0 Å². The number of carbonyl (C=O) groups excluding carboxylic acids is 1. The van der Waals surface area contributed by atoms with Gasteiger partial charge in [-0.2, -0.15) is 0 Å². The molecule has 3 rings (SSSR count). The molecule has 96 valence electrons. The van der Waals surface area contributed by atoms with Gasteiger partial charge < -0.3 is 4.90 Å². The van der Waals surface area contributed by atoms with Gasteiger partial charge in [-0.15, -0.1) is 0 Å². The third-order valence-corrected chi connectivity index (χ3v) is 6.04. The molecule has 1 saturated heterocycles. The second-order valence-corrected chi connectivity index (χ2v) is 6.95. The first-order chi connectivity index (χ1) is 8.20. The minimum atomic E-state index is 0.376. The van der Waals surface area contributed by atoms with Gasteiger partial charge in [-0.05, 0) is 43.4 Å². The van der Waals surface area contributed by atoms with Crippen LogP contribution in [0.4, 0.5) is 0 Å². The van der Waals surface area contributed by atoms with Gasteiger partial charge in [0, 0.05) is 23.8 Å². The number of hydrogen-bond acceptors (Lipinski definition) is 1. The Bertz CT molecular complexity index is 319. The normalized spacial score (nSPS) is 44.6. The van der Waals surface area contributed by atoms with Crippen LogP contribution >= 0.6 is 15.9 Å². The third-order valence-electron chi connectivity index (χ3n) is 5.38. The average Bonchev–Trinajstić information content (AvgIpc) is 3.01. The summed E-state index contributed by atoms with van der Waals surface area (Å²) in [6.07, 6.45) is 6.39. The van der Waals surface area contributed by atoms with E-state index in [0.717, 1.165) is 23.7 Å². The molecule has 0 spiro atoms. The number of nitrogens with zero attached hydrogens (tertiary/aromatic N) is 1. The fourth-order valence-electron chi connectivity index (χ4n) is 4.28.